The van der Waals surface area contributed by atoms with Gasteiger partial charge in [-0.2, -0.15) is 0 Å². The lowest BCUT2D eigenvalue weighted by atomic mass is 10.1. The van der Waals surface area contributed by atoms with Crippen molar-refractivity contribution in [2.24, 2.45) is 0 Å². The minimum Gasteiger partial charge on any atom is -0.442 e. The Bertz CT molecular complexity index is 609. The van der Waals surface area contributed by atoms with Crippen LogP contribution in [0.1, 0.15) is 36.7 Å². The monoisotopic (exact) mass is 320 g/mol. The van der Waals surface area contributed by atoms with Crippen LogP contribution in [0.25, 0.3) is 10.6 Å². The third kappa shape index (κ3) is 3.23. The number of thiophene rings is 1. The number of piperidine rings is 1. The maximum atomic E-state index is 12.7. The van der Waals surface area contributed by atoms with Crippen molar-refractivity contribution in [1.82, 2.24) is 9.88 Å². The van der Waals surface area contributed by atoms with Gasteiger partial charge >= 0.3 is 0 Å². The fourth-order valence-corrected chi connectivity index (χ4v) is 3.39. The number of amides is 1. The molecule has 2 aromatic rings. The molecule has 0 aliphatic carbocycles. The number of aromatic nitrogens is 1. The maximum absolute atomic E-state index is 12.7. The van der Waals surface area contributed by atoms with E-state index in [-0.39, 0.29) is 12.0 Å². The Morgan fingerprint density at radius 2 is 2.50 bits per heavy atom. The molecule has 0 bridgehead atoms. The predicted octanol–water partition coefficient (Wildman–Crippen LogP) is 3.43. The second kappa shape index (κ2) is 7.07. The van der Waals surface area contributed by atoms with Gasteiger partial charge in [0.1, 0.15) is 0 Å². The normalized spacial score (nSPS) is 18.6. The number of hydrogen-bond donors (Lipinski definition) is 0. The highest BCUT2D eigenvalue weighted by molar-refractivity contribution is 7.13. The average molecular weight is 320 g/mol. The maximum Gasteiger partial charge on any atom is 0.276 e. The Hall–Kier alpha value is -1.66. The van der Waals surface area contributed by atoms with Gasteiger partial charge in [-0.1, -0.05) is 13.0 Å². The van der Waals surface area contributed by atoms with Crippen LogP contribution >= 0.6 is 11.3 Å². The lowest BCUT2D eigenvalue weighted by Gasteiger charge is -2.32. The summed E-state index contributed by atoms with van der Waals surface area (Å²) in [5.74, 6) is 0.499. The van der Waals surface area contributed by atoms with Crippen LogP contribution in [0.15, 0.2) is 28.3 Å². The Labute approximate surface area is 133 Å². The van der Waals surface area contributed by atoms with E-state index in [1.807, 2.05) is 22.4 Å². The van der Waals surface area contributed by atoms with Crippen LogP contribution in [0.4, 0.5) is 0 Å². The van der Waals surface area contributed by atoms with Crippen LogP contribution < -0.4 is 0 Å². The van der Waals surface area contributed by atoms with E-state index in [9.17, 15) is 4.79 Å². The number of ether oxygens (including phenoxy) is 1. The van der Waals surface area contributed by atoms with E-state index < -0.39 is 0 Å². The minimum atomic E-state index is -0.0676. The third-order valence-electron chi connectivity index (χ3n) is 3.74. The van der Waals surface area contributed by atoms with Crippen molar-refractivity contribution in [3.8, 4) is 10.6 Å². The van der Waals surface area contributed by atoms with Crippen molar-refractivity contribution in [3.05, 3.63) is 29.6 Å². The summed E-state index contributed by atoms with van der Waals surface area (Å²) < 4.78 is 11.2. The quantitative estimate of drug-likeness (QED) is 0.847. The number of nitrogens with zero attached hydrogens (tertiary/aromatic N) is 2. The smallest absolute Gasteiger partial charge is 0.276 e. The van der Waals surface area contributed by atoms with E-state index >= 15 is 0 Å². The summed E-state index contributed by atoms with van der Waals surface area (Å²) in [7, 11) is 0. The van der Waals surface area contributed by atoms with Crippen molar-refractivity contribution >= 4 is 17.2 Å². The second-order valence-electron chi connectivity index (χ2n) is 5.39. The fraction of sp³-hybridized carbons (Fsp3) is 0.500. The standard InChI is InChI=1S/C16H20N2O3S/c1-2-8-20-12-5-3-7-18(10-12)16(19)14-15(21-11-17-14)13-6-4-9-22-13/h4,6,9,11-12H,2-3,5,7-8,10H2,1H3/t12-/m1/s1. The summed E-state index contributed by atoms with van der Waals surface area (Å²) in [6, 6.07) is 3.87. The summed E-state index contributed by atoms with van der Waals surface area (Å²) in [4.78, 5) is 19.7. The fourth-order valence-electron chi connectivity index (χ4n) is 2.67. The molecule has 1 atom stereocenters. The zero-order chi connectivity index (χ0) is 15.4. The van der Waals surface area contributed by atoms with Gasteiger partial charge in [-0.25, -0.2) is 4.98 Å². The summed E-state index contributed by atoms with van der Waals surface area (Å²) in [5, 5.41) is 1.96. The number of carbonyl (C=O) groups is 1. The van der Waals surface area contributed by atoms with Crippen LogP contribution in [0.2, 0.25) is 0 Å². The van der Waals surface area contributed by atoms with E-state index in [2.05, 4.69) is 11.9 Å². The SMILES string of the molecule is CCCO[C@@H]1CCCN(C(=O)c2ncoc2-c2cccs2)C1. The summed E-state index contributed by atoms with van der Waals surface area (Å²) in [6.45, 7) is 4.22. The molecule has 118 valence electrons. The van der Waals surface area contributed by atoms with Crippen LogP contribution in [-0.4, -0.2) is 41.6 Å². The topological polar surface area (TPSA) is 55.6 Å². The zero-order valence-electron chi connectivity index (χ0n) is 12.7. The molecule has 0 unspecified atom stereocenters. The lowest BCUT2D eigenvalue weighted by Crippen LogP contribution is -2.43. The van der Waals surface area contributed by atoms with Gasteiger partial charge in [-0.3, -0.25) is 4.79 Å². The Balaban J connectivity index is 1.73. The molecular weight excluding hydrogens is 300 g/mol. The Morgan fingerprint density at radius 1 is 1.59 bits per heavy atom. The molecule has 0 aromatic carbocycles. The van der Waals surface area contributed by atoms with Gasteiger partial charge in [-0.15, -0.1) is 11.3 Å². The van der Waals surface area contributed by atoms with Gasteiger partial charge in [0.2, 0.25) is 0 Å². The number of likely N-dealkylation sites (tertiary alicyclic amines) is 1. The molecule has 0 saturated carbocycles. The summed E-state index contributed by atoms with van der Waals surface area (Å²) in [6.07, 6.45) is 4.45. The molecule has 22 heavy (non-hydrogen) atoms. The van der Waals surface area contributed by atoms with Gasteiger partial charge in [0.05, 0.1) is 11.0 Å². The first-order valence-electron chi connectivity index (χ1n) is 7.67. The second-order valence-corrected chi connectivity index (χ2v) is 6.34. The highest BCUT2D eigenvalue weighted by Gasteiger charge is 2.28. The number of rotatable bonds is 5. The number of oxazole rings is 1. The lowest BCUT2D eigenvalue weighted by molar-refractivity contribution is 0.00195. The van der Waals surface area contributed by atoms with Crippen molar-refractivity contribution in [3.63, 3.8) is 0 Å². The highest BCUT2D eigenvalue weighted by atomic mass is 32.1. The molecular formula is C16H20N2O3S. The number of hydrogen-bond acceptors (Lipinski definition) is 5. The molecule has 5 nitrogen and oxygen atoms in total. The molecule has 3 heterocycles. The molecule has 0 N–H and O–H groups in total. The van der Waals surface area contributed by atoms with Gasteiger partial charge in [-0.05, 0) is 30.7 Å². The Morgan fingerprint density at radius 3 is 3.27 bits per heavy atom. The van der Waals surface area contributed by atoms with E-state index in [1.165, 1.54) is 6.39 Å². The third-order valence-corrected chi connectivity index (χ3v) is 4.61. The minimum absolute atomic E-state index is 0.0676. The average Bonchev–Trinajstić information content (AvgIpc) is 3.22. The first-order chi connectivity index (χ1) is 10.8. The molecule has 1 aliphatic heterocycles. The van der Waals surface area contributed by atoms with E-state index in [0.29, 0.717) is 18.0 Å². The van der Waals surface area contributed by atoms with E-state index in [4.69, 9.17) is 9.15 Å². The van der Waals surface area contributed by atoms with Crippen LogP contribution in [0.3, 0.4) is 0 Å². The largest absolute Gasteiger partial charge is 0.442 e. The summed E-state index contributed by atoms with van der Waals surface area (Å²) in [5.41, 5.74) is 0.401. The van der Waals surface area contributed by atoms with E-state index in [1.54, 1.807) is 11.3 Å². The molecule has 1 aliphatic rings. The molecule has 2 aromatic heterocycles. The zero-order valence-corrected chi connectivity index (χ0v) is 13.5. The van der Waals surface area contributed by atoms with Gasteiger partial charge in [0.15, 0.2) is 17.8 Å². The van der Waals surface area contributed by atoms with Crippen LogP contribution in [0.5, 0.6) is 0 Å². The molecule has 1 amide bonds. The van der Waals surface area contributed by atoms with Gasteiger partial charge in [0, 0.05) is 19.7 Å². The molecule has 0 radical (unpaired) electrons. The highest BCUT2D eigenvalue weighted by Crippen LogP contribution is 2.29. The van der Waals surface area contributed by atoms with Crippen molar-refractivity contribution in [2.75, 3.05) is 19.7 Å². The molecule has 3 rings (SSSR count). The van der Waals surface area contributed by atoms with Crippen LogP contribution in [0, 0.1) is 0 Å². The summed E-state index contributed by atoms with van der Waals surface area (Å²) >= 11 is 1.54. The van der Waals surface area contributed by atoms with Crippen LogP contribution in [-0.2, 0) is 4.74 Å². The molecule has 1 fully saturated rings. The van der Waals surface area contributed by atoms with Gasteiger partial charge < -0.3 is 14.1 Å². The molecule has 6 heteroatoms. The molecule has 0 spiro atoms. The van der Waals surface area contributed by atoms with Crippen molar-refractivity contribution in [2.45, 2.75) is 32.3 Å². The molecule has 1 saturated heterocycles. The number of carbonyl (C=O) groups excluding carboxylic acids is 1. The van der Waals surface area contributed by atoms with E-state index in [0.717, 1.165) is 37.3 Å². The first-order valence-corrected chi connectivity index (χ1v) is 8.55. The van der Waals surface area contributed by atoms with Gasteiger partial charge in [0.25, 0.3) is 5.91 Å². The predicted molar refractivity (Wildman–Crippen MR) is 85.0 cm³/mol. The first kappa shape index (κ1) is 15.2. The van der Waals surface area contributed by atoms with Crippen molar-refractivity contribution < 1.29 is 13.9 Å². The van der Waals surface area contributed by atoms with Crippen molar-refractivity contribution in [1.29, 1.82) is 0 Å². The Kier molecular flexibility index (Phi) is 4.90.